The van der Waals surface area contributed by atoms with Gasteiger partial charge in [0, 0.05) is 18.7 Å². The zero-order valence-electron chi connectivity index (χ0n) is 21.3. The maximum atomic E-state index is 12.7. The van der Waals surface area contributed by atoms with Crippen LogP contribution in [-0.4, -0.2) is 51.4 Å². The fourth-order valence-corrected chi connectivity index (χ4v) is 4.10. The number of carbonyl (C=O) groups excluding carboxylic acids is 2. The van der Waals surface area contributed by atoms with Gasteiger partial charge in [-0.15, -0.1) is 6.42 Å². The summed E-state index contributed by atoms with van der Waals surface area (Å²) < 4.78 is 6.84. The summed E-state index contributed by atoms with van der Waals surface area (Å²) in [6.45, 7) is 0.414. The zero-order chi connectivity index (χ0) is 27.2. The van der Waals surface area contributed by atoms with E-state index in [1.165, 1.54) is 6.07 Å². The first-order chi connectivity index (χ1) is 18.5. The number of carboxylic acid groups (broad SMARTS) is 1. The summed E-state index contributed by atoms with van der Waals surface area (Å²) in [5, 5.41) is 18.9. The van der Waals surface area contributed by atoms with Crippen molar-refractivity contribution in [3.8, 4) is 12.3 Å². The highest BCUT2D eigenvalue weighted by Gasteiger charge is 2.21. The number of ether oxygens (including phenoxy) is 1. The molecule has 1 aliphatic rings. The molecule has 1 aromatic carbocycles. The molecule has 38 heavy (non-hydrogen) atoms. The van der Waals surface area contributed by atoms with Gasteiger partial charge in [-0.25, -0.2) is 9.48 Å². The smallest absolute Gasteiger partial charge is 0.356 e. The van der Waals surface area contributed by atoms with E-state index in [9.17, 15) is 19.5 Å². The van der Waals surface area contributed by atoms with Crippen molar-refractivity contribution in [1.29, 1.82) is 0 Å². The maximum Gasteiger partial charge on any atom is 0.356 e. The lowest BCUT2D eigenvalue weighted by molar-refractivity contribution is -0.122. The Morgan fingerprint density at radius 1 is 1.16 bits per heavy atom. The summed E-state index contributed by atoms with van der Waals surface area (Å²) in [6.07, 6.45) is 18.1. The van der Waals surface area contributed by atoms with Crippen LogP contribution in [0.1, 0.15) is 65.1 Å². The van der Waals surface area contributed by atoms with Gasteiger partial charge in [-0.1, -0.05) is 73.7 Å². The monoisotopic (exact) mass is 518 g/mol. The Bertz CT molecular complexity index is 1170. The number of hydrogen-bond donors (Lipinski definition) is 3. The number of amides is 2. The number of rotatable bonds is 13. The van der Waals surface area contributed by atoms with Crippen molar-refractivity contribution in [2.45, 2.75) is 63.8 Å². The molecule has 200 valence electrons. The molecule has 1 atom stereocenters. The van der Waals surface area contributed by atoms with Crippen molar-refractivity contribution in [3.63, 3.8) is 0 Å². The number of carbonyl (C=O) groups is 3. The van der Waals surface area contributed by atoms with Crippen LogP contribution in [0.5, 0.6) is 0 Å². The van der Waals surface area contributed by atoms with Crippen molar-refractivity contribution in [2.75, 3.05) is 6.54 Å². The van der Waals surface area contributed by atoms with Gasteiger partial charge in [-0.3, -0.25) is 9.59 Å². The third-order valence-electron chi connectivity index (χ3n) is 6.06. The quantitative estimate of drug-likeness (QED) is 0.276. The van der Waals surface area contributed by atoms with Crippen LogP contribution in [0.3, 0.4) is 0 Å². The Morgan fingerprint density at radius 2 is 1.92 bits per heavy atom. The first-order valence-corrected chi connectivity index (χ1v) is 12.8. The molecule has 3 N–H and O–H groups in total. The summed E-state index contributed by atoms with van der Waals surface area (Å²) in [6, 6.07) is 11.0. The van der Waals surface area contributed by atoms with Gasteiger partial charge in [0.05, 0.1) is 6.61 Å². The molecule has 3 rings (SSSR count). The SMILES string of the molecule is C#CC(/C=C\C/C=C\CNC(=O)c1cc(C(=O)O)nn1CC(=O)NC1CCCCC1)OCc1ccccc1. The molecular weight excluding hydrogens is 484 g/mol. The van der Waals surface area contributed by atoms with Gasteiger partial charge in [0.1, 0.15) is 18.3 Å². The predicted molar refractivity (Wildman–Crippen MR) is 143 cm³/mol. The first kappa shape index (κ1) is 28.4. The minimum Gasteiger partial charge on any atom is -0.476 e. The minimum absolute atomic E-state index is 0.0157. The van der Waals surface area contributed by atoms with Gasteiger partial charge in [0.2, 0.25) is 5.91 Å². The van der Waals surface area contributed by atoms with E-state index in [1.807, 2.05) is 42.5 Å². The normalized spacial score (nSPS) is 14.8. The number of aromatic carboxylic acids is 1. The van der Waals surface area contributed by atoms with Gasteiger partial charge in [-0.05, 0) is 30.9 Å². The van der Waals surface area contributed by atoms with Crippen molar-refractivity contribution in [3.05, 3.63) is 77.7 Å². The lowest BCUT2D eigenvalue weighted by Crippen LogP contribution is -2.39. The molecule has 0 bridgehead atoms. The van der Waals surface area contributed by atoms with E-state index < -0.39 is 18.0 Å². The number of nitrogens with zero attached hydrogens (tertiary/aromatic N) is 2. The molecule has 1 saturated carbocycles. The van der Waals surface area contributed by atoms with Crippen LogP contribution in [0.2, 0.25) is 0 Å². The molecule has 1 aromatic heterocycles. The highest BCUT2D eigenvalue weighted by Crippen LogP contribution is 2.17. The molecule has 2 aromatic rings. The first-order valence-electron chi connectivity index (χ1n) is 12.8. The van der Waals surface area contributed by atoms with Gasteiger partial charge in [0.25, 0.3) is 5.91 Å². The van der Waals surface area contributed by atoms with E-state index in [0.29, 0.717) is 13.0 Å². The summed E-state index contributed by atoms with van der Waals surface area (Å²) in [5.74, 6) is 0.510. The second-order valence-electron chi connectivity index (χ2n) is 9.01. The number of hydrogen-bond acceptors (Lipinski definition) is 5. The molecule has 9 heteroatoms. The van der Waals surface area contributed by atoms with E-state index >= 15 is 0 Å². The Hall–Kier alpha value is -4.16. The van der Waals surface area contributed by atoms with Crippen LogP contribution in [0, 0.1) is 12.3 Å². The number of nitrogens with one attached hydrogen (secondary N) is 2. The molecular formula is C29H34N4O5. The number of benzene rings is 1. The van der Waals surface area contributed by atoms with Crippen LogP contribution < -0.4 is 10.6 Å². The minimum atomic E-state index is -1.27. The summed E-state index contributed by atoms with van der Waals surface area (Å²) >= 11 is 0. The second-order valence-corrected chi connectivity index (χ2v) is 9.01. The van der Waals surface area contributed by atoms with Gasteiger partial charge < -0.3 is 20.5 Å². The molecule has 1 unspecified atom stereocenters. The van der Waals surface area contributed by atoms with Crippen molar-refractivity contribution in [2.24, 2.45) is 0 Å². The van der Waals surface area contributed by atoms with Crippen molar-refractivity contribution < 1.29 is 24.2 Å². The van der Waals surface area contributed by atoms with E-state index in [1.54, 1.807) is 12.2 Å². The van der Waals surface area contributed by atoms with Crippen molar-refractivity contribution in [1.82, 2.24) is 20.4 Å². The second kappa shape index (κ2) is 15.2. The molecule has 1 aliphatic carbocycles. The molecule has 1 fully saturated rings. The maximum absolute atomic E-state index is 12.7. The Labute approximate surface area is 223 Å². The predicted octanol–water partition coefficient (Wildman–Crippen LogP) is 3.48. The highest BCUT2D eigenvalue weighted by atomic mass is 16.5. The van der Waals surface area contributed by atoms with Crippen LogP contribution in [0.4, 0.5) is 0 Å². The number of allylic oxidation sites excluding steroid dienone is 2. The fraction of sp³-hybridized carbons (Fsp3) is 0.379. The molecule has 1 heterocycles. The highest BCUT2D eigenvalue weighted by molar-refractivity contribution is 5.96. The van der Waals surface area contributed by atoms with Gasteiger partial charge in [-0.2, -0.15) is 5.10 Å². The summed E-state index contributed by atoms with van der Waals surface area (Å²) in [4.78, 5) is 36.6. The van der Waals surface area contributed by atoms with Gasteiger partial charge in [0.15, 0.2) is 5.69 Å². The number of carboxylic acids is 1. The van der Waals surface area contributed by atoms with E-state index in [-0.39, 0.29) is 36.4 Å². The van der Waals surface area contributed by atoms with Crippen LogP contribution in [0.25, 0.3) is 0 Å². The third-order valence-corrected chi connectivity index (χ3v) is 6.06. The molecule has 2 amide bonds. The fourth-order valence-electron chi connectivity index (χ4n) is 4.10. The molecule has 0 radical (unpaired) electrons. The Balaban J connectivity index is 1.45. The zero-order valence-corrected chi connectivity index (χ0v) is 21.3. The summed E-state index contributed by atoms with van der Waals surface area (Å²) in [5.41, 5.74) is 0.763. The Morgan fingerprint density at radius 3 is 2.63 bits per heavy atom. The Kier molecular flexibility index (Phi) is 11.3. The molecule has 9 nitrogen and oxygen atoms in total. The third kappa shape index (κ3) is 9.37. The molecule has 0 spiro atoms. The molecule has 0 aliphatic heterocycles. The number of terminal acetylenes is 1. The standard InChI is InChI=1S/C29H34N4O5/c1-2-24(38-21-22-13-7-5-8-14-22)17-11-3-4-12-18-30-28(35)26-19-25(29(36)37)32-33(26)20-27(34)31-23-15-9-6-10-16-23/h1,4-5,7-8,11-14,17,19,23-24H,3,6,9-10,15-16,18,20-21H2,(H,30,35)(H,31,34)(H,36,37)/b12-4-,17-11-. The lowest BCUT2D eigenvalue weighted by Gasteiger charge is -2.22. The number of aromatic nitrogens is 2. The van der Waals surface area contributed by atoms with E-state index in [4.69, 9.17) is 11.2 Å². The van der Waals surface area contributed by atoms with Crippen LogP contribution in [0.15, 0.2) is 60.7 Å². The largest absolute Gasteiger partial charge is 0.476 e. The summed E-state index contributed by atoms with van der Waals surface area (Å²) in [7, 11) is 0. The average Bonchev–Trinajstić information content (AvgIpc) is 3.35. The van der Waals surface area contributed by atoms with Gasteiger partial charge >= 0.3 is 5.97 Å². The van der Waals surface area contributed by atoms with E-state index in [0.717, 1.165) is 42.3 Å². The average molecular weight is 519 g/mol. The van der Waals surface area contributed by atoms with Crippen molar-refractivity contribution >= 4 is 17.8 Å². The topological polar surface area (TPSA) is 123 Å². The molecule has 0 saturated heterocycles. The van der Waals surface area contributed by atoms with Crippen LogP contribution >= 0.6 is 0 Å². The lowest BCUT2D eigenvalue weighted by atomic mass is 9.95. The van der Waals surface area contributed by atoms with E-state index in [2.05, 4.69) is 21.7 Å². The van der Waals surface area contributed by atoms with Crippen LogP contribution in [-0.2, 0) is 22.7 Å².